The summed E-state index contributed by atoms with van der Waals surface area (Å²) in [5.74, 6) is 0.127. The molecule has 1 aromatic carbocycles. The fourth-order valence-electron chi connectivity index (χ4n) is 1.87. The van der Waals surface area contributed by atoms with Gasteiger partial charge in [0.1, 0.15) is 5.82 Å². The number of hydrogen-bond acceptors (Lipinski definition) is 5. The zero-order valence-electron chi connectivity index (χ0n) is 10.5. The molecule has 1 heterocycles. The Morgan fingerprint density at radius 1 is 1.45 bits per heavy atom. The molecule has 6 nitrogen and oxygen atoms in total. The maximum absolute atomic E-state index is 13.4. The smallest absolute Gasteiger partial charge is 0.273 e. The van der Waals surface area contributed by atoms with Crippen LogP contribution in [0, 0.1) is 15.9 Å². The highest BCUT2D eigenvalue weighted by atomic mass is 19.1. The summed E-state index contributed by atoms with van der Waals surface area (Å²) in [6.07, 6.45) is 3.76. The third kappa shape index (κ3) is 2.83. The summed E-state index contributed by atoms with van der Waals surface area (Å²) in [7, 11) is 0. The van der Waals surface area contributed by atoms with Crippen LogP contribution < -0.4 is 5.32 Å². The van der Waals surface area contributed by atoms with Crippen LogP contribution >= 0.6 is 0 Å². The maximum Gasteiger partial charge on any atom is 0.273 e. The van der Waals surface area contributed by atoms with Crippen LogP contribution in [0.2, 0.25) is 0 Å². The molecule has 1 saturated carbocycles. The molecule has 0 saturated heterocycles. The number of benzene rings is 1. The largest absolute Gasteiger partial charge is 0.439 e. The van der Waals surface area contributed by atoms with E-state index in [2.05, 4.69) is 10.3 Å². The Bertz CT molecular complexity index is 652. The molecule has 1 aliphatic carbocycles. The van der Waals surface area contributed by atoms with Gasteiger partial charge >= 0.3 is 0 Å². The van der Waals surface area contributed by atoms with Crippen molar-refractivity contribution in [1.29, 1.82) is 0 Å². The van der Waals surface area contributed by atoms with Crippen molar-refractivity contribution in [2.45, 2.75) is 25.4 Å². The van der Waals surface area contributed by atoms with Crippen molar-refractivity contribution >= 4 is 5.69 Å². The molecule has 2 aromatic rings. The topological polar surface area (TPSA) is 81.2 Å². The van der Waals surface area contributed by atoms with Gasteiger partial charge in [-0.25, -0.2) is 9.37 Å². The summed E-state index contributed by atoms with van der Waals surface area (Å²) < 4.78 is 18.8. The number of nitro groups is 1. The van der Waals surface area contributed by atoms with Crippen molar-refractivity contribution in [3.63, 3.8) is 0 Å². The summed E-state index contributed by atoms with van der Waals surface area (Å²) in [4.78, 5) is 14.1. The van der Waals surface area contributed by atoms with Crippen molar-refractivity contribution in [3.8, 4) is 11.3 Å². The van der Waals surface area contributed by atoms with Crippen molar-refractivity contribution in [1.82, 2.24) is 10.3 Å². The molecule has 3 rings (SSSR count). The molecule has 104 valence electrons. The molecule has 0 amide bonds. The third-order valence-electron chi connectivity index (χ3n) is 3.05. The van der Waals surface area contributed by atoms with Crippen LogP contribution in [0.4, 0.5) is 10.1 Å². The van der Waals surface area contributed by atoms with E-state index in [1.165, 1.54) is 18.3 Å². The lowest BCUT2D eigenvalue weighted by Crippen LogP contribution is -2.15. The Morgan fingerprint density at radius 2 is 2.25 bits per heavy atom. The first-order valence-electron chi connectivity index (χ1n) is 6.25. The third-order valence-corrected chi connectivity index (χ3v) is 3.05. The van der Waals surface area contributed by atoms with Gasteiger partial charge in [-0.1, -0.05) is 0 Å². The summed E-state index contributed by atoms with van der Waals surface area (Å²) in [6.45, 7) is 0.502. The first-order chi connectivity index (χ1) is 9.61. The van der Waals surface area contributed by atoms with Crippen LogP contribution in [0.1, 0.15) is 18.7 Å². The summed E-state index contributed by atoms with van der Waals surface area (Å²) in [6, 6.07) is 3.85. The van der Waals surface area contributed by atoms with E-state index in [0.29, 0.717) is 29.8 Å². The quantitative estimate of drug-likeness (QED) is 0.671. The predicted molar refractivity (Wildman–Crippen MR) is 68.4 cm³/mol. The molecule has 0 bridgehead atoms. The minimum atomic E-state index is -0.678. The van der Waals surface area contributed by atoms with E-state index in [4.69, 9.17) is 4.42 Å². The number of rotatable bonds is 5. The molecule has 0 unspecified atom stereocenters. The van der Waals surface area contributed by atoms with Crippen LogP contribution in [0.25, 0.3) is 11.3 Å². The number of nitrogens with one attached hydrogen (secondary N) is 1. The summed E-state index contributed by atoms with van der Waals surface area (Å²) in [5.41, 5.74) is -0.00377. The maximum atomic E-state index is 13.4. The van der Waals surface area contributed by atoms with Crippen molar-refractivity contribution in [3.05, 3.63) is 46.2 Å². The normalized spacial score (nSPS) is 14.4. The van der Waals surface area contributed by atoms with Gasteiger partial charge in [-0.05, 0) is 18.9 Å². The molecule has 7 heteroatoms. The lowest BCUT2D eigenvalue weighted by molar-refractivity contribution is -0.385. The molecule has 0 spiro atoms. The van der Waals surface area contributed by atoms with E-state index < -0.39 is 10.7 Å². The molecular formula is C13H12FN3O3. The number of non-ortho nitro benzene ring substituents is 1. The van der Waals surface area contributed by atoms with Gasteiger partial charge in [0.25, 0.3) is 5.69 Å². The Morgan fingerprint density at radius 3 is 2.95 bits per heavy atom. The van der Waals surface area contributed by atoms with Gasteiger partial charge in [-0.2, -0.15) is 0 Å². The molecule has 1 N–H and O–H groups in total. The van der Waals surface area contributed by atoms with Gasteiger partial charge < -0.3 is 9.73 Å². The summed E-state index contributed by atoms with van der Waals surface area (Å²) >= 11 is 0. The van der Waals surface area contributed by atoms with Crippen LogP contribution in [0.5, 0.6) is 0 Å². The fourth-order valence-corrected chi connectivity index (χ4v) is 1.87. The molecule has 1 aromatic heterocycles. The van der Waals surface area contributed by atoms with Crippen molar-refractivity contribution < 1.29 is 13.7 Å². The highest BCUT2D eigenvalue weighted by Gasteiger charge is 2.21. The van der Waals surface area contributed by atoms with Crippen molar-refractivity contribution in [2.24, 2.45) is 0 Å². The first kappa shape index (κ1) is 12.7. The van der Waals surface area contributed by atoms with Crippen LogP contribution in [-0.4, -0.2) is 15.9 Å². The van der Waals surface area contributed by atoms with E-state index >= 15 is 0 Å². The number of nitro benzene ring substituents is 1. The van der Waals surface area contributed by atoms with E-state index in [9.17, 15) is 14.5 Å². The number of halogens is 1. The van der Waals surface area contributed by atoms with E-state index in [1.54, 1.807) is 0 Å². The minimum absolute atomic E-state index is 0.307. The van der Waals surface area contributed by atoms with Gasteiger partial charge in [0, 0.05) is 17.7 Å². The lowest BCUT2D eigenvalue weighted by Gasteiger charge is -1.99. The second kappa shape index (κ2) is 5.01. The lowest BCUT2D eigenvalue weighted by atomic mass is 10.1. The molecule has 0 aliphatic heterocycles. The highest BCUT2D eigenvalue weighted by molar-refractivity contribution is 5.60. The fraction of sp³-hybridized carbons (Fsp3) is 0.308. The average molecular weight is 277 g/mol. The number of hydrogen-bond donors (Lipinski definition) is 1. The molecule has 0 atom stereocenters. The number of aromatic nitrogens is 1. The van der Waals surface area contributed by atoms with Crippen LogP contribution in [0.3, 0.4) is 0 Å². The molecule has 1 aliphatic rings. The predicted octanol–water partition coefficient (Wildman–Crippen LogP) is 2.64. The number of oxazole rings is 1. The second-order valence-electron chi connectivity index (χ2n) is 4.73. The molecule has 20 heavy (non-hydrogen) atoms. The molecular weight excluding hydrogens is 265 g/mol. The van der Waals surface area contributed by atoms with Gasteiger partial charge in [0.05, 0.1) is 23.7 Å². The molecule has 1 fully saturated rings. The van der Waals surface area contributed by atoms with E-state index in [-0.39, 0.29) is 5.69 Å². The first-order valence-corrected chi connectivity index (χ1v) is 6.25. The SMILES string of the molecule is O=[N+]([O-])c1cc(F)cc(-c2cnc(CNC3CC3)o2)c1. The van der Waals surface area contributed by atoms with Gasteiger partial charge in [-0.3, -0.25) is 10.1 Å². The second-order valence-corrected chi connectivity index (χ2v) is 4.73. The standard InChI is InChI=1S/C13H12FN3O3/c14-9-3-8(4-11(5-9)17(18)19)12-6-16-13(20-12)7-15-10-1-2-10/h3-6,10,15H,1-2,7H2. The zero-order valence-corrected chi connectivity index (χ0v) is 10.5. The van der Waals surface area contributed by atoms with Gasteiger partial charge in [-0.15, -0.1) is 0 Å². The number of nitrogens with zero attached hydrogens (tertiary/aromatic N) is 2. The highest BCUT2D eigenvalue weighted by Crippen LogP contribution is 2.26. The Hall–Kier alpha value is -2.28. The van der Waals surface area contributed by atoms with Crippen LogP contribution in [0.15, 0.2) is 28.8 Å². The van der Waals surface area contributed by atoms with E-state index in [1.807, 2.05) is 0 Å². The molecule has 0 radical (unpaired) electrons. The van der Waals surface area contributed by atoms with Crippen LogP contribution in [-0.2, 0) is 6.54 Å². The Labute approximate surface area is 113 Å². The Kier molecular flexibility index (Phi) is 3.19. The Balaban J connectivity index is 1.82. The zero-order chi connectivity index (χ0) is 14.1. The average Bonchev–Trinajstić information content (AvgIpc) is 3.12. The van der Waals surface area contributed by atoms with E-state index in [0.717, 1.165) is 18.9 Å². The van der Waals surface area contributed by atoms with Crippen molar-refractivity contribution in [2.75, 3.05) is 0 Å². The summed E-state index contributed by atoms with van der Waals surface area (Å²) in [5, 5.41) is 13.9. The monoisotopic (exact) mass is 277 g/mol. The minimum Gasteiger partial charge on any atom is -0.439 e. The van der Waals surface area contributed by atoms with Gasteiger partial charge in [0.15, 0.2) is 5.76 Å². The van der Waals surface area contributed by atoms with Gasteiger partial charge in [0.2, 0.25) is 5.89 Å².